The molecular weight excluding hydrogens is 416 g/mol. The normalized spacial score (nSPS) is 19.3. The van der Waals surface area contributed by atoms with Gasteiger partial charge in [0.25, 0.3) is 0 Å². The average molecular weight is 451 g/mol. The summed E-state index contributed by atoms with van der Waals surface area (Å²) in [6, 6.07) is 8.42. The number of esters is 1. The molecule has 1 unspecified atom stereocenters. The Balaban J connectivity index is 1.72. The molecule has 176 valence electrons. The van der Waals surface area contributed by atoms with Crippen LogP contribution in [0.1, 0.15) is 45.1 Å². The molecule has 1 aliphatic heterocycles. The highest BCUT2D eigenvalue weighted by Gasteiger charge is 2.26. The highest BCUT2D eigenvalue weighted by molar-refractivity contribution is 5.93. The first kappa shape index (κ1) is 23.2. The van der Waals surface area contributed by atoms with Crippen molar-refractivity contribution in [2.45, 2.75) is 51.7 Å². The fraction of sp³-hybridized carbons (Fsp3) is 0.480. The lowest BCUT2D eigenvalue weighted by Gasteiger charge is -2.36. The minimum Gasteiger partial charge on any atom is -0.463 e. The summed E-state index contributed by atoms with van der Waals surface area (Å²) in [4.78, 5) is 23.6. The molecule has 8 heteroatoms. The number of carbonyl (C=O) groups is 1. The fourth-order valence-corrected chi connectivity index (χ4v) is 4.49. The summed E-state index contributed by atoms with van der Waals surface area (Å²) >= 11 is 0. The summed E-state index contributed by atoms with van der Waals surface area (Å²) in [6.45, 7) is 6.69. The van der Waals surface area contributed by atoms with Crippen LogP contribution in [0.5, 0.6) is 0 Å². The largest absolute Gasteiger partial charge is 0.463 e. The van der Waals surface area contributed by atoms with Crippen LogP contribution in [0, 0.1) is 0 Å². The van der Waals surface area contributed by atoms with Crippen molar-refractivity contribution in [3.63, 3.8) is 0 Å². The smallest absolute Gasteiger partial charge is 0.331 e. The van der Waals surface area contributed by atoms with E-state index in [1.807, 2.05) is 38.2 Å². The summed E-state index contributed by atoms with van der Waals surface area (Å²) in [5.41, 5.74) is 2.72. The van der Waals surface area contributed by atoms with Gasteiger partial charge >= 0.3 is 5.97 Å². The summed E-state index contributed by atoms with van der Waals surface area (Å²) in [7, 11) is 0. The monoisotopic (exact) mass is 450 g/mol. The SMILES string of the molecule is CCOC(=O)C=C(C)c1cnc(N(c2ccccn2)C2CNCCN2)cc1NC1CCCC1. The third-order valence-electron chi connectivity index (χ3n) is 6.12. The number of ether oxygens (including phenoxy) is 1. The van der Waals surface area contributed by atoms with Crippen molar-refractivity contribution in [3.05, 3.63) is 48.3 Å². The minimum atomic E-state index is -0.335. The first-order valence-corrected chi connectivity index (χ1v) is 11.9. The van der Waals surface area contributed by atoms with Crippen LogP contribution in [0.3, 0.4) is 0 Å². The van der Waals surface area contributed by atoms with Crippen LogP contribution in [0.25, 0.3) is 5.57 Å². The molecule has 0 aromatic carbocycles. The Morgan fingerprint density at radius 2 is 2.09 bits per heavy atom. The van der Waals surface area contributed by atoms with Gasteiger partial charge in [-0.25, -0.2) is 14.8 Å². The quantitative estimate of drug-likeness (QED) is 0.416. The van der Waals surface area contributed by atoms with Crippen LogP contribution >= 0.6 is 0 Å². The lowest BCUT2D eigenvalue weighted by Crippen LogP contribution is -2.56. The van der Waals surface area contributed by atoms with Crippen molar-refractivity contribution < 1.29 is 9.53 Å². The zero-order valence-corrected chi connectivity index (χ0v) is 19.5. The topological polar surface area (TPSA) is 91.4 Å². The average Bonchev–Trinajstić information content (AvgIpc) is 3.34. The van der Waals surface area contributed by atoms with Crippen molar-refractivity contribution in [3.8, 4) is 0 Å². The third kappa shape index (κ3) is 5.89. The molecular formula is C25H34N6O2. The van der Waals surface area contributed by atoms with Gasteiger partial charge in [0.05, 0.1) is 6.61 Å². The predicted octanol–water partition coefficient (Wildman–Crippen LogP) is 3.45. The van der Waals surface area contributed by atoms with Gasteiger partial charge in [-0.05, 0) is 44.4 Å². The molecule has 1 saturated heterocycles. The van der Waals surface area contributed by atoms with E-state index in [1.54, 1.807) is 12.3 Å². The number of anilines is 3. The number of rotatable bonds is 8. The molecule has 2 aliphatic rings. The van der Waals surface area contributed by atoms with Gasteiger partial charge in [0, 0.05) is 61.5 Å². The zero-order chi connectivity index (χ0) is 23.0. The Hall–Kier alpha value is -2.97. The Morgan fingerprint density at radius 1 is 1.24 bits per heavy atom. The fourth-order valence-electron chi connectivity index (χ4n) is 4.49. The van der Waals surface area contributed by atoms with Crippen LogP contribution in [0.2, 0.25) is 0 Å². The number of allylic oxidation sites excluding steroid dienone is 1. The second-order valence-electron chi connectivity index (χ2n) is 8.53. The zero-order valence-electron chi connectivity index (χ0n) is 19.5. The summed E-state index contributed by atoms with van der Waals surface area (Å²) < 4.78 is 5.12. The molecule has 3 heterocycles. The maximum absolute atomic E-state index is 12.1. The molecule has 33 heavy (non-hydrogen) atoms. The number of hydrogen-bond donors (Lipinski definition) is 3. The van der Waals surface area contributed by atoms with E-state index in [0.29, 0.717) is 12.6 Å². The van der Waals surface area contributed by atoms with Crippen molar-refractivity contribution in [1.82, 2.24) is 20.6 Å². The van der Waals surface area contributed by atoms with E-state index in [9.17, 15) is 4.79 Å². The highest BCUT2D eigenvalue weighted by atomic mass is 16.5. The second kappa shape index (κ2) is 11.2. The molecule has 2 aromatic heterocycles. The molecule has 0 amide bonds. The number of nitrogens with zero attached hydrogens (tertiary/aromatic N) is 3. The lowest BCUT2D eigenvalue weighted by atomic mass is 10.1. The second-order valence-corrected chi connectivity index (χ2v) is 8.53. The molecule has 2 fully saturated rings. The molecule has 0 radical (unpaired) electrons. The molecule has 3 N–H and O–H groups in total. The van der Waals surface area contributed by atoms with Gasteiger partial charge in [0.15, 0.2) is 0 Å². The van der Waals surface area contributed by atoms with Gasteiger partial charge in [-0.15, -0.1) is 0 Å². The van der Waals surface area contributed by atoms with Crippen LogP contribution in [0.4, 0.5) is 17.3 Å². The van der Waals surface area contributed by atoms with E-state index < -0.39 is 0 Å². The number of aromatic nitrogens is 2. The first-order chi connectivity index (χ1) is 16.2. The number of pyridine rings is 2. The number of nitrogens with one attached hydrogen (secondary N) is 3. The first-order valence-electron chi connectivity index (χ1n) is 11.9. The van der Waals surface area contributed by atoms with Gasteiger partial charge in [0.1, 0.15) is 17.8 Å². The number of carbonyl (C=O) groups excluding carboxylic acids is 1. The molecule has 1 aliphatic carbocycles. The van der Waals surface area contributed by atoms with Gasteiger partial charge in [0.2, 0.25) is 0 Å². The van der Waals surface area contributed by atoms with Gasteiger partial charge in [-0.1, -0.05) is 18.9 Å². The van der Waals surface area contributed by atoms with Gasteiger partial charge in [-0.2, -0.15) is 0 Å². The van der Waals surface area contributed by atoms with E-state index in [2.05, 4.69) is 31.9 Å². The van der Waals surface area contributed by atoms with Gasteiger partial charge < -0.3 is 15.4 Å². The standard InChI is InChI=1S/C25H34N6O2/c1-3-33-25(32)14-18(2)20-16-29-23(15-21(20)30-19-8-4-5-9-19)31(22-10-6-7-11-27-22)24-17-26-12-13-28-24/h6-7,10-11,14-16,19,24,26,28H,3-5,8-9,12-13,17H2,1-2H3,(H,29,30). The van der Waals surface area contributed by atoms with Crippen LogP contribution in [-0.2, 0) is 9.53 Å². The minimum absolute atomic E-state index is 0.0301. The van der Waals surface area contributed by atoms with E-state index in [-0.39, 0.29) is 12.1 Å². The maximum atomic E-state index is 12.1. The van der Waals surface area contributed by atoms with E-state index in [0.717, 1.165) is 60.9 Å². The summed E-state index contributed by atoms with van der Waals surface area (Å²) in [6.07, 6.45) is 10.00. The van der Waals surface area contributed by atoms with Gasteiger partial charge in [-0.3, -0.25) is 10.2 Å². The highest BCUT2D eigenvalue weighted by Crippen LogP contribution is 2.33. The lowest BCUT2D eigenvalue weighted by molar-refractivity contribution is -0.137. The van der Waals surface area contributed by atoms with Crippen LogP contribution in [0.15, 0.2) is 42.7 Å². The van der Waals surface area contributed by atoms with Crippen LogP contribution in [-0.4, -0.2) is 54.4 Å². The van der Waals surface area contributed by atoms with Crippen molar-refractivity contribution in [2.75, 3.05) is 36.5 Å². The molecule has 2 aromatic rings. The molecule has 0 spiro atoms. The summed E-state index contributed by atoms with van der Waals surface area (Å²) in [5, 5.41) is 10.8. The predicted molar refractivity (Wildman–Crippen MR) is 131 cm³/mol. The molecule has 0 bridgehead atoms. The van der Waals surface area contributed by atoms with Crippen molar-refractivity contribution >= 4 is 28.9 Å². The molecule has 1 atom stereocenters. The van der Waals surface area contributed by atoms with Crippen LogP contribution < -0.4 is 20.9 Å². The Kier molecular flexibility index (Phi) is 7.91. The van der Waals surface area contributed by atoms with E-state index in [4.69, 9.17) is 9.72 Å². The number of piperazine rings is 1. The number of hydrogen-bond acceptors (Lipinski definition) is 8. The summed E-state index contributed by atoms with van der Waals surface area (Å²) in [5.74, 6) is 1.31. The van der Waals surface area contributed by atoms with E-state index in [1.165, 1.54) is 12.8 Å². The maximum Gasteiger partial charge on any atom is 0.331 e. The third-order valence-corrected chi connectivity index (χ3v) is 6.12. The molecule has 4 rings (SSSR count). The Morgan fingerprint density at radius 3 is 2.79 bits per heavy atom. The van der Waals surface area contributed by atoms with Crippen molar-refractivity contribution in [1.29, 1.82) is 0 Å². The molecule has 1 saturated carbocycles. The van der Waals surface area contributed by atoms with Crippen molar-refractivity contribution in [2.24, 2.45) is 0 Å². The Bertz CT molecular complexity index is 953. The van der Waals surface area contributed by atoms with E-state index >= 15 is 0 Å². The molecule has 8 nitrogen and oxygen atoms in total. The Labute approximate surface area is 195 Å².